The van der Waals surface area contributed by atoms with Gasteiger partial charge in [0.05, 0.1) is 11.4 Å². The highest BCUT2D eigenvalue weighted by Crippen LogP contribution is 2.39. The molecule has 0 radical (unpaired) electrons. The molecule has 1 amide bonds. The molecule has 0 unspecified atom stereocenters. The molecule has 10 nitrogen and oxygen atoms in total. The van der Waals surface area contributed by atoms with Crippen LogP contribution in [0, 0.1) is 11.3 Å². The number of halogens is 3. The number of nitriles is 1. The van der Waals surface area contributed by atoms with Crippen molar-refractivity contribution in [2.45, 2.75) is 45.9 Å². The number of anilines is 2. The van der Waals surface area contributed by atoms with Crippen LogP contribution in [0.3, 0.4) is 0 Å². The maximum absolute atomic E-state index is 13.9. The van der Waals surface area contributed by atoms with Gasteiger partial charge in [0.25, 0.3) is 0 Å². The second kappa shape index (κ2) is 9.83. The Morgan fingerprint density at radius 2 is 2.00 bits per heavy atom. The van der Waals surface area contributed by atoms with Crippen LogP contribution in [0.25, 0.3) is 11.3 Å². The number of carbonyl (C=O) groups is 1. The first-order valence-corrected chi connectivity index (χ1v) is 10.7. The van der Waals surface area contributed by atoms with E-state index in [2.05, 4.69) is 20.9 Å². The maximum Gasteiger partial charge on any atom is 0.421 e. The van der Waals surface area contributed by atoms with Crippen molar-refractivity contribution in [1.29, 1.82) is 5.26 Å². The molecular formula is C22H26F3N7O3. The Morgan fingerprint density at radius 3 is 2.60 bits per heavy atom. The predicted molar refractivity (Wildman–Crippen MR) is 121 cm³/mol. The molecule has 0 saturated heterocycles. The molecule has 0 aromatic carbocycles. The van der Waals surface area contributed by atoms with Crippen molar-refractivity contribution in [3.05, 3.63) is 29.6 Å². The third kappa shape index (κ3) is 6.02. The summed E-state index contributed by atoms with van der Waals surface area (Å²) in [5.74, 6) is -0.687. The number of hydrazine groups is 2. The fourth-order valence-electron chi connectivity index (χ4n) is 3.20. The van der Waals surface area contributed by atoms with Gasteiger partial charge in [0.2, 0.25) is 5.88 Å². The Balaban J connectivity index is 1.93. The molecule has 0 atom stereocenters. The Bertz CT molecular complexity index is 1140. The Hall–Kier alpha value is -3.79. The molecule has 2 aromatic heterocycles. The number of ether oxygens (including phenoxy) is 2. The molecule has 0 fully saturated rings. The van der Waals surface area contributed by atoms with Crippen LogP contribution < -0.4 is 20.7 Å². The van der Waals surface area contributed by atoms with Gasteiger partial charge in [-0.1, -0.05) is 6.92 Å². The van der Waals surface area contributed by atoms with Crippen LogP contribution >= 0.6 is 0 Å². The maximum atomic E-state index is 13.9. The predicted octanol–water partition coefficient (Wildman–Crippen LogP) is 4.30. The molecule has 35 heavy (non-hydrogen) atoms. The largest absolute Gasteiger partial charge is 0.456 e. The summed E-state index contributed by atoms with van der Waals surface area (Å²) in [6.45, 7) is 6.62. The van der Waals surface area contributed by atoms with Gasteiger partial charge in [0, 0.05) is 25.4 Å². The lowest BCUT2D eigenvalue weighted by atomic mass is 10.1. The zero-order valence-electron chi connectivity index (χ0n) is 19.9. The average Bonchev–Trinajstić information content (AvgIpc) is 3.14. The second-order valence-corrected chi connectivity index (χ2v) is 8.75. The smallest absolute Gasteiger partial charge is 0.421 e. The molecule has 0 aliphatic carbocycles. The fraction of sp³-hybridized carbons (Fsp3) is 0.455. The van der Waals surface area contributed by atoms with E-state index < -0.39 is 36.0 Å². The minimum atomic E-state index is -4.80. The molecule has 13 heteroatoms. The highest BCUT2D eigenvalue weighted by atomic mass is 19.4. The van der Waals surface area contributed by atoms with Gasteiger partial charge in [0.1, 0.15) is 22.9 Å². The summed E-state index contributed by atoms with van der Waals surface area (Å²) in [6, 6.07) is 4.32. The summed E-state index contributed by atoms with van der Waals surface area (Å²) >= 11 is 0. The van der Waals surface area contributed by atoms with Crippen LogP contribution in [0.5, 0.6) is 5.88 Å². The third-order valence-corrected chi connectivity index (χ3v) is 4.77. The van der Waals surface area contributed by atoms with E-state index in [1.165, 1.54) is 12.3 Å². The first-order valence-electron chi connectivity index (χ1n) is 10.7. The van der Waals surface area contributed by atoms with Gasteiger partial charge in [-0.2, -0.15) is 18.4 Å². The molecule has 0 bridgehead atoms. The number of fused-ring (bicyclic) bond motifs is 1. The van der Waals surface area contributed by atoms with E-state index >= 15 is 0 Å². The van der Waals surface area contributed by atoms with E-state index in [-0.39, 0.29) is 23.5 Å². The van der Waals surface area contributed by atoms with Gasteiger partial charge < -0.3 is 9.47 Å². The molecule has 1 aliphatic rings. The number of pyridine rings is 2. The minimum Gasteiger partial charge on any atom is -0.456 e. The molecule has 0 spiro atoms. The van der Waals surface area contributed by atoms with Crippen LogP contribution in [0.2, 0.25) is 0 Å². The molecule has 2 N–H and O–H groups in total. The zero-order chi connectivity index (χ0) is 26.0. The summed E-state index contributed by atoms with van der Waals surface area (Å²) in [7, 11) is 1.67. The SMILES string of the molecule is CCCN(COc1ncc(-c2cc3c(c(C#N)n2)NNN3C)cc1C(F)(F)F)C(=O)OC(C)(C)C. The van der Waals surface area contributed by atoms with E-state index in [1.807, 2.05) is 13.0 Å². The standard InChI is InChI=1S/C22H26F3N7O3/c1-6-7-32(20(33)35-21(2,3)4)12-34-19-14(22(23,24)25)8-13(11-27-19)15-9-17-18(16(10-26)28-15)29-30-31(17)5/h8-9,11,29-30H,6-7,12H2,1-5H3. The van der Waals surface area contributed by atoms with Gasteiger partial charge in [0.15, 0.2) is 12.4 Å². The van der Waals surface area contributed by atoms with Crippen LogP contribution in [0.4, 0.5) is 29.3 Å². The Labute approximate surface area is 200 Å². The highest BCUT2D eigenvalue weighted by Gasteiger charge is 2.36. The molecule has 0 saturated carbocycles. The van der Waals surface area contributed by atoms with Gasteiger partial charge in [-0.15, -0.1) is 5.53 Å². The number of aromatic nitrogens is 2. The van der Waals surface area contributed by atoms with Crippen molar-refractivity contribution >= 4 is 17.5 Å². The lowest BCUT2D eigenvalue weighted by Crippen LogP contribution is -2.39. The number of alkyl halides is 3. The summed E-state index contributed by atoms with van der Waals surface area (Å²) in [5.41, 5.74) is 4.79. The molecule has 3 rings (SSSR count). The summed E-state index contributed by atoms with van der Waals surface area (Å²) in [5, 5.41) is 11.0. The number of hydrogen-bond donors (Lipinski definition) is 2. The first kappa shape index (κ1) is 25.8. The van der Waals surface area contributed by atoms with Gasteiger partial charge in [-0.25, -0.2) is 14.8 Å². The van der Waals surface area contributed by atoms with E-state index in [9.17, 15) is 23.2 Å². The zero-order valence-corrected chi connectivity index (χ0v) is 19.9. The quantitative estimate of drug-likeness (QED) is 0.568. The monoisotopic (exact) mass is 493 g/mol. The second-order valence-electron chi connectivity index (χ2n) is 8.75. The minimum absolute atomic E-state index is 0.0100. The Morgan fingerprint density at radius 1 is 1.29 bits per heavy atom. The van der Waals surface area contributed by atoms with Gasteiger partial charge >= 0.3 is 12.3 Å². The number of nitrogens with zero attached hydrogens (tertiary/aromatic N) is 5. The van der Waals surface area contributed by atoms with Crippen LogP contribution in [-0.4, -0.2) is 46.9 Å². The summed E-state index contributed by atoms with van der Waals surface area (Å²) < 4.78 is 52.3. The van der Waals surface area contributed by atoms with Crippen molar-refractivity contribution in [3.63, 3.8) is 0 Å². The van der Waals surface area contributed by atoms with Crippen molar-refractivity contribution < 1.29 is 27.4 Å². The lowest BCUT2D eigenvalue weighted by molar-refractivity contribution is -0.139. The van der Waals surface area contributed by atoms with Crippen molar-refractivity contribution in [2.24, 2.45) is 0 Å². The van der Waals surface area contributed by atoms with Crippen LogP contribution in [-0.2, 0) is 10.9 Å². The van der Waals surface area contributed by atoms with E-state index in [4.69, 9.17) is 9.47 Å². The normalized spacial score (nSPS) is 13.1. The molecule has 3 heterocycles. The third-order valence-electron chi connectivity index (χ3n) is 4.77. The molecule has 2 aromatic rings. The van der Waals surface area contributed by atoms with Crippen molar-refractivity contribution in [3.8, 4) is 23.2 Å². The Kier molecular flexibility index (Phi) is 7.25. The summed E-state index contributed by atoms with van der Waals surface area (Å²) in [6.07, 6.45) is -3.78. The molecular weight excluding hydrogens is 467 g/mol. The summed E-state index contributed by atoms with van der Waals surface area (Å²) in [4.78, 5) is 21.6. The highest BCUT2D eigenvalue weighted by molar-refractivity contribution is 5.81. The molecule has 188 valence electrons. The topological polar surface area (TPSA) is 116 Å². The first-order chi connectivity index (χ1) is 16.3. The number of hydrogen-bond acceptors (Lipinski definition) is 9. The van der Waals surface area contributed by atoms with Crippen molar-refractivity contribution in [2.75, 3.05) is 30.8 Å². The lowest BCUT2D eigenvalue weighted by Gasteiger charge is -2.27. The van der Waals surface area contributed by atoms with Gasteiger partial charge in [-0.3, -0.25) is 15.3 Å². The average molecular weight is 493 g/mol. The molecule has 1 aliphatic heterocycles. The number of rotatable bonds is 6. The fourth-order valence-corrected chi connectivity index (χ4v) is 3.20. The number of nitrogens with one attached hydrogen (secondary N) is 2. The van der Waals surface area contributed by atoms with E-state index in [1.54, 1.807) is 32.8 Å². The van der Waals surface area contributed by atoms with Crippen molar-refractivity contribution in [1.82, 2.24) is 20.4 Å². The number of amides is 1. The van der Waals surface area contributed by atoms with Crippen LogP contribution in [0.15, 0.2) is 18.3 Å². The number of carbonyl (C=O) groups excluding carboxylic acids is 1. The van der Waals surface area contributed by atoms with E-state index in [0.29, 0.717) is 17.8 Å². The van der Waals surface area contributed by atoms with Crippen LogP contribution in [0.1, 0.15) is 45.4 Å². The van der Waals surface area contributed by atoms with E-state index in [0.717, 1.165) is 11.0 Å². The van der Waals surface area contributed by atoms with Gasteiger partial charge in [-0.05, 0) is 39.3 Å².